The van der Waals surface area contributed by atoms with Crippen molar-refractivity contribution in [3.8, 4) is 0 Å². The molecule has 1 unspecified atom stereocenters. The second kappa shape index (κ2) is 7.92. The summed E-state index contributed by atoms with van der Waals surface area (Å²) in [7, 11) is 0. The minimum absolute atomic E-state index is 0.0357. The van der Waals surface area contributed by atoms with E-state index in [0.29, 0.717) is 35.6 Å². The van der Waals surface area contributed by atoms with Crippen LogP contribution in [0.3, 0.4) is 0 Å². The Balaban J connectivity index is 2.03. The topological polar surface area (TPSA) is 106 Å². The zero-order valence-corrected chi connectivity index (χ0v) is 14.1. The van der Waals surface area contributed by atoms with Crippen LogP contribution < -0.4 is 11.1 Å². The van der Waals surface area contributed by atoms with Crippen LogP contribution in [-0.4, -0.2) is 38.7 Å². The van der Waals surface area contributed by atoms with E-state index in [4.69, 9.17) is 10.8 Å². The monoisotopic (exact) mass is 357 g/mol. The van der Waals surface area contributed by atoms with Gasteiger partial charge in [0.15, 0.2) is 5.65 Å². The number of carbonyl (C=O) groups is 1. The van der Waals surface area contributed by atoms with E-state index in [-0.39, 0.29) is 18.8 Å². The smallest absolute Gasteiger partial charge is 0.241 e. The summed E-state index contributed by atoms with van der Waals surface area (Å²) in [5.74, 6) is -0.502. The maximum Gasteiger partial charge on any atom is 0.241 e. The summed E-state index contributed by atoms with van der Waals surface area (Å²) in [6, 6.07) is 8.81. The highest BCUT2D eigenvalue weighted by atomic mass is 19.1. The highest BCUT2D eigenvalue weighted by Crippen LogP contribution is 2.26. The van der Waals surface area contributed by atoms with Crippen LogP contribution in [0.1, 0.15) is 18.0 Å². The van der Waals surface area contributed by atoms with Gasteiger partial charge in [-0.25, -0.2) is 14.4 Å². The fourth-order valence-electron chi connectivity index (χ4n) is 2.84. The number of aromatic nitrogens is 3. The first-order valence-electron chi connectivity index (χ1n) is 8.31. The van der Waals surface area contributed by atoms with Crippen LogP contribution >= 0.6 is 0 Å². The lowest BCUT2D eigenvalue weighted by Gasteiger charge is -2.19. The Kier molecular flexibility index (Phi) is 5.43. The van der Waals surface area contributed by atoms with Crippen molar-refractivity contribution < 1.29 is 14.3 Å². The molecule has 0 aliphatic rings. The predicted molar refractivity (Wildman–Crippen MR) is 96.1 cm³/mol. The molecular weight excluding hydrogens is 337 g/mol. The number of amides is 1. The van der Waals surface area contributed by atoms with Crippen LogP contribution in [0.15, 0.2) is 42.6 Å². The zero-order valence-electron chi connectivity index (χ0n) is 14.1. The lowest BCUT2D eigenvalue weighted by atomic mass is 10.1. The van der Waals surface area contributed by atoms with Gasteiger partial charge in [-0.2, -0.15) is 0 Å². The molecule has 0 saturated carbocycles. The lowest BCUT2D eigenvalue weighted by Crippen LogP contribution is -2.29. The molecule has 26 heavy (non-hydrogen) atoms. The molecule has 0 bridgehead atoms. The first kappa shape index (κ1) is 17.8. The van der Waals surface area contributed by atoms with Crippen molar-refractivity contribution in [2.24, 2.45) is 5.73 Å². The van der Waals surface area contributed by atoms with Crippen LogP contribution in [0.5, 0.6) is 0 Å². The molecule has 7 nitrogen and oxygen atoms in total. The van der Waals surface area contributed by atoms with Gasteiger partial charge < -0.3 is 16.2 Å². The van der Waals surface area contributed by atoms with Gasteiger partial charge in [0.25, 0.3) is 0 Å². The first-order chi connectivity index (χ1) is 12.6. The minimum atomic E-state index is -0.784. The van der Waals surface area contributed by atoms with Gasteiger partial charge in [-0.3, -0.25) is 9.36 Å². The Morgan fingerprint density at radius 1 is 1.35 bits per heavy atom. The Labute approximate surface area is 149 Å². The third-order valence-electron chi connectivity index (χ3n) is 4.02. The van der Waals surface area contributed by atoms with Crippen LogP contribution in [0.25, 0.3) is 11.2 Å². The number of aliphatic hydroxyl groups is 1. The molecule has 3 rings (SSSR count). The number of nitrogens with two attached hydrogens (primary N) is 1. The van der Waals surface area contributed by atoms with Crippen molar-refractivity contribution in [1.29, 1.82) is 0 Å². The van der Waals surface area contributed by atoms with Crippen LogP contribution in [-0.2, 0) is 11.2 Å². The fourth-order valence-corrected chi connectivity index (χ4v) is 2.84. The second-order valence-electron chi connectivity index (χ2n) is 5.91. The Morgan fingerprint density at radius 2 is 2.19 bits per heavy atom. The summed E-state index contributed by atoms with van der Waals surface area (Å²) in [5, 5.41) is 12.1. The van der Waals surface area contributed by atoms with Gasteiger partial charge >= 0.3 is 0 Å². The first-order valence-corrected chi connectivity index (χ1v) is 8.31. The number of imidazole rings is 1. The summed E-state index contributed by atoms with van der Waals surface area (Å²) in [6.45, 7) is 0.513. The summed E-state index contributed by atoms with van der Waals surface area (Å²) >= 11 is 0. The number of pyridine rings is 1. The number of benzene rings is 1. The van der Waals surface area contributed by atoms with Crippen molar-refractivity contribution in [3.05, 3.63) is 54.0 Å². The number of rotatable bonds is 8. The van der Waals surface area contributed by atoms with E-state index in [0.717, 1.165) is 0 Å². The number of carbonyl (C=O) groups excluding carboxylic acids is 1. The SMILES string of the molecule is NC(=O)C(Cc1cccc(F)c1)n1c(NCCCO)nc2cccnc21. The van der Waals surface area contributed by atoms with Gasteiger partial charge in [0.05, 0.1) is 0 Å². The number of fused-ring (bicyclic) bond motifs is 1. The molecule has 0 spiro atoms. The Bertz CT molecular complexity index is 911. The molecule has 0 aliphatic carbocycles. The van der Waals surface area contributed by atoms with E-state index >= 15 is 0 Å². The van der Waals surface area contributed by atoms with Gasteiger partial charge in [-0.1, -0.05) is 12.1 Å². The standard InChI is InChI=1S/C18H20FN5O2/c19-13-5-1-4-12(10-13)11-15(16(20)26)24-17-14(6-2-7-21-17)23-18(24)22-8-3-9-25/h1-2,4-7,10,15,25H,3,8-9,11H2,(H2,20,26)(H,22,23). The summed E-state index contributed by atoms with van der Waals surface area (Å²) < 4.78 is 15.2. The Hall–Kier alpha value is -3.00. The van der Waals surface area contributed by atoms with Crippen molar-refractivity contribution in [2.45, 2.75) is 18.9 Å². The average molecular weight is 357 g/mol. The Morgan fingerprint density at radius 3 is 2.92 bits per heavy atom. The molecule has 0 fully saturated rings. The molecule has 1 atom stereocenters. The van der Waals surface area contributed by atoms with Gasteiger partial charge in [0.2, 0.25) is 11.9 Å². The summed E-state index contributed by atoms with van der Waals surface area (Å²) in [5.41, 5.74) is 7.43. The van der Waals surface area contributed by atoms with Crippen molar-refractivity contribution in [2.75, 3.05) is 18.5 Å². The average Bonchev–Trinajstić information content (AvgIpc) is 2.98. The van der Waals surface area contributed by atoms with E-state index in [1.54, 1.807) is 35.0 Å². The minimum Gasteiger partial charge on any atom is -0.396 e. The normalized spacial score (nSPS) is 12.2. The van der Waals surface area contributed by atoms with E-state index < -0.39 is 11.9 Å². The summed E-state index contributed by atoms with van der Waals surface area (Å²) in [6.07, 6.45) is 2.35. The molecule has 1 aromatic carbocycles. The van der Waals surface area contributed by atoms with E-state index in [1.165, 1.54) is 12.1 Å². The number of halogens is 1. The quantitative estimate of drug-likeness (QED) is 0.531. The maximum atomic E-state index is 13.5. The maximum absolute atomic E-state index is 13.5. The van der Waals surface area contributed by atoms with Crippen molar-refractivity contribution in [1.82, 2.24) is 14.5 Å². The lowest BCUT2D eigenvalue weighted by molar-refractivity contribution is -0.121. The number of hydrogen-bond acceptors (Lipinski definition) is 5. The highest BCUT2D eigenvalue weighted by Gasteiger charge is 2.25. The highest BCUT2D eigenvalue weighted by molar-refractivity contribution is 5.83. The molecule has 2 aromatic heterocycles. The molecular formula is C18H20FN5O2. The van der Waals surface area contributed by atoms with Crippen LogP contribution in [0.2, 0.25) is 0 Å². The van der Waals surface area contributed by atoms with E-state index in [1.807, 2.05) is 0 Å². The molecule has 1 amide bonds. The molecule has 8 heteroatoms. The third kappa shape index (κ3) is 3.80. The fraction of sp³-hybridized carbons (Fsp3) is 0.278. The third-order valence-corrected chi connectivity index (χ3v) is 4.02. The van der Waals surface area contributed by atoms with Gasteiger partial charge in [-0.05, 0) is 36.2 Å². The van der Waals surface area contributed by atoms with Crippen molar-refractivity contribution in [3.63, 3.8) is 0 Å². The number of hydrogen-bond donors (Lipinski definition) is 3. The van der Waals surface area contributed by atoms with E-state index in [9.17, 15) is 9.18 Å². The van der Waals surface area contributed by atoms with Gasteiger partial charge in [0, 0.05) is 25.8 Å². The number of nitrogens with zero attached hydrogens (tertiary/aromatic N) is 3. The molecule has 0 radical (unpaired) electrons. The number of primary amides is 1. The van der Waals surface area contributed by atoms with Crippen LogP contribution in [0, 0.1) is 5.82 Å². The molecule has 4 N–H and O–H groups in total. The van der Waals surface area contributed by atoms with Gasteiger partial charge in [0.1, 0.15) is 17.4 Å². The summed E-state index contributed by atoms with van der Waals surface area (Å²) in [4.78, 5) is 21.0. The molecule has 3 aromatic rings. The van der Waals surface area contributed by atoms with Crippen molar-refractivity contribution >= 4 is 23.0 Å². The van der Waals surface area contributed by atoms with Crippen LogP contribution in [0.4, 0.5) is 10.3 Å². The second-order valence-corrected chi connectivity index (χ2v) is 5.91. The van der Waals surface area contributed by atoms with E-state index in [2.05, 4.69) is 15.3 Å². The molecule has 136 valence electrons. The molecule has 2 heterocycles. The number of nitrogens with one attached hydrogen (secondary N) is 1. The largest absolute Gasteiger partial charge is 0.396 e. The number of anilines is 1. The van der Waals surface area contributed by atoms with Gasteiger partial charge in [-0.15, -0.1) is 0 Å². The molecule has 0 saturated heterocycles. The number of aliphatic hydroxyl groups excluding tert-OH is 1. The molecule has 0 aliphatic heterocycles. The predicted octanol–water partition coefficient (Wildman–Crippen LogP) is 1.63. The zero-order chi connectivity index (χ0) is 18.5.